The Hall–Kier alpha value is -3.02. The summed E-state index contributed by atoms with van der Waals surface area (Å²) in [6.07, 6.45) is 0.303. The van der Waals surface area contributed by atoms with Crippen LogP contribution in [0.1, 0.15) is 48.7 Å². The highest BCUT2D eigenvalue weighted by Gasteiger charge is 2.20. The lowest BCUT2D eigenvalue weighted by Crippen LogP contribution is -2.20. The van der Waals surface area contributed by atoms with Gasteiger partial charge in [0.2, 0.25) is 0 Å². The van der Waals surface area contributed by atoms with Crippen molar-refractivity contribution in [2.45, 2.75) is 46.3 Å². The predicted molar refractivity (Wildman–Crippen MR) is 103 cm³/mol. The number of carbonyl (C=O) groups is 2. The molecule has 2 N–H and O–H groups in total. The number of aryl methyl sites for hydroxylation is 1. The number of carboxylic acid groups (broad SMARTS) is 1. The number of carboxylic acids is 1. The van der Waals surface area contributed by atoms with Gasteiger partial charge in [-0.05, 0) is 37.5 Å². The van der Waals surface area contributed by atoms with Gasteiger partial charge in [-0.2, -0.15) is 0 Å². The summed E-state index contributed by atoms with van der Waals surface area (Å²) in [6.45, 7) is 5.75. The average Bonchev–Trinajstić information content (AvgIpc) is 2.60. The lowest BCUT2D eigenvalue weighted by molar-refractivity contribution is 0.0697. The Morgan fingerprint density at radius 1 is 1.15 bits per heavy atom. The molecule has 0 spiro atoms. The van der Waals surface area contributed by atoms with E-state index in [0.29, 0.717) is 24.3 Å². The molecule has 0 radical (unpaired) electrons. The molecule has 0 saturated carbocycles. The second-order valence-corrected chi connectivity index (χ2v) is 6.41. The first kappa shape index (κ1) is 20.3. The van der Waals surface area contributed by atoms with Crippen molar-refractivity contribution in [2.24, 2.45) is 0 Å². The Morgan fingerprint density at radius 3 is 2.44 bits per heavy atom. The molecule has 2 rings (SSSR count). The van der Waals surface area contributed by atoms with Crippen LogP contribution >= 0.6 is 0 Å². The summed E-state index contributed by atoms with van der Waals surface area (Å²) in [5, 5.41) is 12.2. The minimum absolute atomic E-state index is 0.0598. The molecular formula is C21H25NO5. The summed E-state index contributed by atoms with van der Waals surface area (Å²) < 4.78 is 10.9. The third-order valence-electron chi connectivity index (χ3n) is 3.75. The van der Waals surface area contributed by atoms with Crippen LogP contribution in [0.5, 0.6) is 5.75 Å². The van der Waals surface area contributed by atoms with Gasteiger partial charge in [-0.15, -0.1) is 0 Å². The van der Waals surface area contributed by atoms with E-state index in [9.17, 15) is 14.7 Å². The molecule has 0 aliphatic rings. The number of anilines is 1. The SMILES string of the molecule is CCCc1cc(OCc2ccccc2)cc(NC(=O)OC(C)C)c1C(=O)O. The maximum atomic E-state index is 12.0. The molecular weight excluding hydrogens is 346 g/mol. The first-order valence-corrected chi connectivity index (χ1v) is 8.95. The van der Waals surface area contributed by atoms with Crippen molar-refractivity contribution in [3.05, 3.63) is 59.2 Å². The largest absolute Gasteiger partial charge is 0.489 e. The molecule has 2 aromatic carbocycles. The van der Waals surface area contributed by atoms with Crippen LogP contribution in [0.2, 0.25) is 0 Å². The molecule has 6 heteroatoms. The zero-order valence-corrected chi connectivity index (χ0v) is 15.8. The van der Waals surface area contributed by atoms with Crippen LogP contribution in [-0.4, -0.2) is 23.3 Å². The zero-order chi connectivity index (χ0) is 19.8. The smallest absolute Gasteiger partial charge is 0.411 e. The number of ether oxygens (including phenoxy) is 2. The van der Waals surface area contributed by atoms with Crippen molar-refractivity contribution in [1.29, 1.82) is 0 Å². The Kier molecular flexibility index (Phi) is 7.23. The lowest BCUT2D eigenvalue weighted by Gasteiger charge is -2.16. The highest BCUT2D eigenvalue weighted by Crippen LogP contribution is 2.29. The van der Waals surface area contributed by atoms with Crippen molar-refractivity contribution in [3.8, 4) is 5.75 Å². The summed E-state index contributed by atoms with van der Waals surface area (Å²) in [5.41, 5.74) is 1.83. The summed E-state index contributed by atoms with van der Waals surface area (Å²) in [5.74, 6) is -0.611. The van der Waals surface area contributed by atoms with E-state index < -0.39 is 12.1 Å². The molecule has 0 unspecified atom stereocenters. The molecule has 0 bridgehead atoms. The Labute approximate surface area is 159 Å². The third-order valence-corrected chi connectivity index (χ3v) is 3.75. The maximum absolute atomic E-state index is 12.0. The van der Waals surface area contributed by atoms with Gasteiger partial charge in [0.1, 0.15) is 12.4 Å². The third kappa shape index (κ3) is 6.02. The van der Waals surface area contributed by atoms with Crippen molar-refractivity contribution >= 4 is 17.7 Å². The van der Waals surface area contributed by atoms with Gasteiger partial charge in [-0.3, -0.25) is 5.32 Å². The van der Waals surface area contributed by atoms with E-state index in [1.54, 1.807) is 19.9 Å². The van der Waals surface area contributed by atoms with Gasteiger partial charge >= 0.3 is 12.1 Å². The summed E-state index contributed by atoms with van der Waals surface area (Å²) in [7, 11) is 0. The van der Waals surface area contributed by atoms with Gasteiger partial charge in [-0.25, -0.2) is 9.59 Å². The van der Waals surface area contributed by atoms with Crippen LogP contribution in [0.25, 0.3) is 0 Å². The molecule has 0 aliphatic carbocycles. The topological polar surface area (TPSA) is 84.9 Å². The van der Waals surface area contributed by atoms with E-state index in [4.69, 9.17) is 9.47 Å². The molecule has 1 amide bonds. The number of aromatic carboxylic acids is 1. The van der Waals surface area contributed by atoms with Crippen molar-refractivity contribution < 1.29 is 24.2 Å². The average molecular weight is 371 g/mol. The van der Waals surface area contributed by atoms with E-state index in [1.165, 1.54) is 6.07 Å². The van der Waals surface area contributed by atoms with Gasteiger partial charge < -0.3 is 14.6 Å². The molecule has 0 fully saturated rings. The summed E-state index contributed by atoms with van der Waals surface area (Å²) >= 11 is 0. The lowest BCUT2D eigenvalue weighted by atomic mass is 10.0. The fourth-order valence-electron chi connectivity index (χ4n) is 2.67. The van der Waals surface area contributed by atoms with E-state index in [-0.39, 0.29) is 17.4 Å². The number of nitrogens with one attached hydrogen (secondary N) is 1. The van der Waals surface area contributed by atoms with Crippen LogP contribution in [0.4, 0.5) is 10.5 Å². The van der Waals surface area contributed by atoms with E-state index >= 15 is 0 Å². The Bertz CT molecular complexity index is 787. The normalized spacial score (nSPS) is 10.5. The van der Waals surface area contributed by atoms with Crippen LogP contribution in [0.3, 0.4) is 0 Å². The van der Waals surface area contributed by atoms with Crippen LogP contribution < -0.4 is 10.1 Å². The number of hydrogen-bond acceptors (Lipinski definition) is 4. The molecule has 0 aliphatic heterocycles. The van der Waals surface area contributed by atoms with Crippen LogP contribution in [-0.2, 0) is 17.8 Å². The summed E-state index contributed by atoms with van der Waals surface area (Å²) in [4.78, 5) is 23.8. The van der Waals surface area contributed by atoms with Gasteiger partial charge in [-0.1, -0.05) is 43.7 Å². The van der Waals surface area contributed by atoms with E-state index in [1.807, 2.05) is 37.3 Å². The fraction of sp³-hybridized carbons (Fsp3) is 0.333. The van der Waals surface area contributed by atoms with Crippen LogP contribution in [0, 0.1) is 0 Å². The monoisotopic (exact) mass is 371 g/mol. The molecule has 6 nitrogen and oxygen atoms in total. The minimum atomic E-state index is -1.10. The van der Waals surface area contributed by atoms with E-state index in [2.05, 4.69) is 5.32 Å². The van der Waals surface area contributed by atoms with Gasteiger partial charge in [0, 0.05) is 6.07 Å². The maximum Gasteiger partial charge on any atom is 0.411 e. The van der Waals surface area contributed by atoms with Crippen molar-refractivity contribution in [1.82, 2.24) is 0 Å². The highest BCUT2D eigenvalue weighted by molar-refractivity contribution is 6.00. The molecule has 0 atom stereocenters. The minimum Gasteiger partial charge on any atom is -0.489 e. The second-order valence-electron chi connectivity index (χ2n) is 6.41. The second kappa shape index (κ2) is 9.62. The Balaban J connectivity index is 2.33. The van der Waals surface area contributed by atoms with E-state index in [0.717, 1.165) is 12.0 Å². The molecule has 144 valence electrons. The van der Waals surface area contributed by atoms with Crippen molar-refractivity contribution in [2.75, 3.05) is 5.32 Å². The number of hydrogen-bond donors (Lipinski definition) is 2. The first-order chi connectivity index (χ1) is 12.9. The van der Waals surface area contributed by atoms with Crippen LogP contribution in [0.15, 0.2) is 42.5 Å². The highest BCUT2D eigenvalue weighted by atomic mass is 16.6. The summed E-state index contributed by atoms with van der Waals surface area (Å²) in [6, 6.07) is 12.9. The standard InChI is InChI=1S/C21H25NO5/c1-4-8-16-11-17(26-13-15-9-6-5-7-10-15)12-18(19(16)20(23)24)22-21(25)27-14(2)3/h5-7,9-12,14H,4,8,13H2,1-3H3,(H,22,25)(H,23,24). The quantitative estimate of drug-likeness (QED) is 0.691. The number of benzene rings is 2. The predicted octanol–water partition coefficient (Wildman–Crippen LogP) is 4.87. The number of rotatable bonds is 8. The molecule has 27 heavy (non-hydrogen) atoms. The number of amides is 1. The zero-order valence-electron chi connectivity index (χ0n) is 15.8. The molecule has 0 aromatic heterocycles. The fourth-order valence-corrected chi connectivity index (χ4v) is 2.67. The Morgan fingerprint density at radius 2 is 1.85 bits per heavy atom. The van der Waals surface area contributed by atoms with Gasteiger partial charge in [0.25, 0.3) is 0 Å². The molecule has 0 heterocycles. The number of carbonyl (C=O) groups excluding carboxylic acids is 1. The molecule has 0 saturated heterocycles. The van der Waals surface area contributed by atoms with Gasteiger partial charge in [0.05, 0.1) is 17.4 Å². The van der Waals surface area contributed by atoms with Gasteiger partial charge in [0.15, 0.2) is 0 Å². The van der Waals surface area contributed by atoms with Crippen molar-refractivity contribution in [3.63, 3.8) is 0 Å². The first-order valence-electron chi connectivity index (χ1n) is 8.95. The molecule has 2 aromatic rings.